The molecule has 266 valence electrons. The number of amides is 3. The van der Waals surface area contributed by atoms with Gasteiger partial charge in [-0.3, -0.25) is 29.7 Å². The Morgan fingerprint density at radius 2 is 1.80 bits per heavy atom. The molecule has 2 aromatic heterocycles. The number of rotatable bonds is 6. The van der Waals surface area contributed by atoms with Crippen molar-refractivity contribution < 1.29 is 27.6 Å². The number of alkyl halides is 2. The van der Waals surface area contributed by atoms with Gasteiger partial charge in [-0.2, -0.15) is 5.10 Å². The van der Waals surface area contributed by atoms with Gasteiger partial charge in [-0.1, -0.05) is 19.1 Å². The Labute approximate surface area is 292 Å². The van der Waals surface area contributed by atoms with Gasteiger partial charge < -0.3 is 14.8 Å². The van der Waals surface area contributed by atoms with Crippen molar-refractivity contribution in [2.24, 2.45) is 17.3 Å². The van der Waals surface area contributed by atoms with Crippen LogP contribution in [0.25, 0.3) is 22.3 Å². The second-order valence-corrected chi connectivity index (χ2v) is 15.4. The number of halogens is 3. The minimum absolute atomic E-state index is 0.0110. The SMILES string of the molecule is C[C@@]12Cc3[nH]nc(-c4cc5cc(F)c(C(=O)N6CCN(C[C@H]7CCN(c8ccc(C9CCC(=O)NC9=O)cc8)C7)CC6)cc5[nH]4)c3C[C@@H]1C2(F)F. The summed E-state index contributed by atoms with van der Waals surface area (Å²) in [6.45, 7) is 6.86. The van der Waals surface area contributed by atoms with E-state index in [1.165, 1.54) is 6.07 Å². The molecule has 2 aromatic carbocycles. The predicted molar refractivity (Wildman–Crippen MR) is 184 cm³/mol. The van der Waals surface area contributed by atoms with Gasteiger partial charge in [0.25, 0.3) is 11.8 Å². The van der Waals surface area contributed by atoms with E-state index in [1.54, 1.807) is 24.0 Å². The van der Waals surface area contributed by atoms with Crippen LogP contribution < -0.4 is 10.2 Å². The lowest BCUT2D eigenvalue weighted by atomic mass is 9.87. The van der Waals surface area contributed by atoms with Crippen LogP contribution in [0.5, 0.6) is 0 Å². The number of nitrogens with one attached hydrogen (secondary N) is 3. The summed E-state index contributed by atoms with van der Waals surface area (Å²) >= 11 is 0. The predicted octanol–water partition coefficient (Wildman–Crippen LogP) is 4.87. The number of anilines is 1. The fourth-order valence-corrected chi connectivity index (χ4v) is 9.09. The molecule has 2 aliphatic carbocycles. The van der Waals surface area contributed by atoms with E-state index in [2.05, 4.69) is 42.4 Å². The zero-order valence-corrected chi connectivity index (χ0v) is 28.4. The summed E-state index contributed by atoms with van der Waals surface area (Å²) in [5, 5.41) is 10.4. The van der Waals surface area contributed by atoms with Gasteiger partial charge in [-0.05, 0) is 61.1 Å². The summed E-state index contributed by atoms with van der Waals surface area (Å²) in [6, 6.07) is 12.8. The molecule has 4 atom stereocenters. The number of hydrogen-bond acceptors (Lipinski definition) is 6. The molecule has 9 rings (SSSR count). The van der Waals surface area contributed by atoms with Crippen LogP contribution in [-0.2, 0) is 22.4 Å². The quantitative estimate of drug-likeness (QED) is 0.248. The lowest BCUT2D eigenvalue weighted by Gasteiger charge is -2.36. The third kappa shape index (κ3) is 5.34. The van der Waals surface area contributed by atoms with Gasteiger partial charge in [0.15, 0.2) is 0 Å². The van der Waals surface area contributed by atoms with Crippen molar-refractivity contribution in [2.75, 3.05) is 50.7 Å². The summed E-state index contributed by atoms with van der Waals surface area (Å²) in [7, 11) is 0. The normalized spacial score (nSPS) is 27.4. The van der Waals surface area contributed by atoms with Crippen LogP contribution in [0.2, 0.25) is 0 Å². The summed E-state index contributed by atoms with van der Waals surface area (Å²) < 4.78 is 44.3. The first kappa shape index (κ1) is 32.3. The van der Waals surface area contributed by atoms with Gasteiger partial charge >= 0.3 is 0 Å². The van der Waals surface area contributed by atoms with Crippen LogP contribution in [0.4, 0.5) is 18.9 Å². The molecule has 3 amide bonds. The molecule has 13 heteroatoms. The number of aromatic nitrogens is 3. The number of hydrogen-bond donors (Lipinski definition) is 3. The van der Waals surface area contributed by atoms with Gasteiger partial charge in [-0.25, -0.2) is 13.2 Å². The fraction of sp³-hybridized carbons (Fsp3) is 0.474. The molecule has 3 aliphatic heterocycles. The van der Waals surface area contributed by atoms with Crippen molar-refractivity contribution in [3.63, 3.8) is 0 Å². The summed E-state index contributed by atoms with van der Waals surface area (Å²) in [4.78, 5) is 47.1. The van der Waals surface area contributed by atoms with Crippen molar-refractivity contribution in [3.8, 4) is 11.4 Å². The van der Waals surface area contributed by atoms with E-state index in [0.29, 0.717) is 67.2 Å². The second-order valence-electron chi connectivity index (χ2n) is 15.4. The van der Waals surface area contributed by atoms with Crippen LogP contribution in [-0.4, -0.2) is 94.4 Å². The Morgan fingerprint density at radius 3 is 2.57 bits per heavy atom. The maximum Gasteiger partial charge on any atom is 0.258 e. The number of fused-ring (bicyclic) bond motifs is 3. The number of carbonyl (C=O) groups excluding carboxylic acids is 3. The fourth-order valence-electron chi connectivity index (χ4n) is 9.09. The highest BCUT2D eigenvalue weighted by atomic mass is 19.3. The number of nitrogens with zero attached hydrogens (tertiary/aromatic N) is 4. The van der Waals surface area contributed by atoms with E-state index in [4.69, 9.17) is 0 Å². The van der Waals surface area contributed by atoms with Gasteiger partial charge in [0.1, 0.15) is 11.5 Å². The smallest absolute Gasteiger partial charge is 0.258 e. The van der Waals surface area contributed by atoms with Crippen LogP contribution >= 0.6 is 0 Å². The van der Waals surface area contributed by atoms with Crippen molar-refractivity contribution in [2.45, 2.75) is 50.9 Å². The Balaban J connectivity index is 0.803. The molecule has 51 heavy (non-hydrogen) atoms. The first-order valence-corrected chi connectivity index (χ1v) is 18.0. The monoisotopic (exact) mass is 699 g/mol. The van der Waals surface area contributed by atoms with Gasteiger partial charge in [-0.15, -0.1) is 0 Å². The maximum absolute atomic E-state index is 15.4. The number of benzene rings is 2. The molecule has 0 bridgehead atoms. The maximum atomic E-state index is 15.4. The van der Waals surface area contributed by atoms with Crippen LogP contribution in [0, 0.1) is 23.1 Å². The van der Waals surface area contributed by atoms with Crippen LogP contribution in [0.3, 0.4) is 0 Å². The molecular weight excluding hydrogens is 659 g/mol. The average Bonchev–Trinajstić information content (AvgIpc) is 3.70. The van der Waals surface area contributed by atoms with E-state index in [-0.39, 0.29) is 42.0 Å². The molecule has 0 spiro atoms. The first-order chi connectivity index (χ1) is 24.5. The number of carbonyl (C=O) groups is 3. The molecule has 3 saturated heterocycles. The first-order valence-electron chi connectivity index (χ1n) is 18.0. The van der Waals surface area contributed by atoms with Crippen molar-refractivity contribution in [3.05, 3.63) is 70.7 Å². The van der Waals surface area contributed by atoms with Gasteiger partial charge in [0.2, 0.25) is 11.8 Å². The minimum atomic E-state index is -2.69. The zero-order chi connectivity index (χ0) is 35.2. The molecule has 5 aliphatic rings. The number of aromatic amines is 2. The number of piperazine rings is 1. The van der Waals surface area contributed by atoms with E-state index in [0.717, 1.165) is 48.6 Å². The summed E-state index contributed by atoms with van der Waals surface area (Å²) in [5.74, 6) is -4.57. The van der Waals surface area contributed by atoms with E-state index in [9.17, 15) is 23.2 Å². The van der Waals surface area contributed by atoms with Crippen LogP contribution in [0.1, 0.15) is 59.3 Å². The molecule has 1 unspecified atom stereocenters. The third-order valence-electron chi connectivity index (χ3n) is 12.3. The lowest BCUT2D eigenvalue weighted by molar-refractivity contribution is -0.134. The lowest BCUT2D eigenvalue weighted by Crippen LogP contribution is -2.50. The Kier molecular flexibility index (Phi) is 7.40. The molecule has 4 aromatic rings. The molecular formula is C38H40F3N7O3. The van der Waals surface area contributed by atoms with Gasteiger partial charge in [0, 0.05) is 97.8 Å². The molecule has 1 saturated carbocycles. The summed E-state index contributed by atoms with van der Waals surface area (Å²) in [5.41, 5.74) is 4.33. The number of H-pyrrole nitrogens is 2. The Morgan fingerprint density at radius 1 is 1.02 bits per heavy atom. The second kappa shape index (κ2) is 11.7. The standard InChI is InChI=1S/C38H40F3N7O3/c1-37-18-31-27(17-32(37)38(37,40)41)34(45-44-31)30-15-23-14-28(39)26(16-29(23)42-30)36(51)47-12-10-46(11-13-47)19-21-8-9-48(20-21)24-4-2-22(3-5-24)25-6-7-33(49)43-35(25)50/h2-5,14-16,21,25,32,42H,6-13,17-20H2,1H3,(H,44,45)(H,43,49,50)/t21-,25?,32+,37-/m1/s1. The number of piperidine rings is 1. The molecule has 5 heterocycles. The third-order valence-corrected chi connectivity index (χ3v) is 12.3. The van der Waals surface area contributed by atoms with E-state index >= 15 is 4.39 Å². The topological polar surface area (TPSA) is 117 Å². The van der Waals surface area contributed by atoms with Crippen LogP contribution in [0.15, 0.2) is 42.5 Å². The zero-order valence-electron chi connectivity index (χ0n) is 28.4. The molecule has 10 nitrogen and oxygen atoms in total. The Bertz CT molecular complexity index is 2070. The van der Waals surface area contributed by atoms with E-state index < -0.39 is 23.1 Å². The largest absolute Gasteiger partial charge is 0.371 e. The van der Waals surface area contributed by atoms with Crippen molar-refractivity contribution >= 4 is 34.3 Å². The van der Waals surface area contributed by atoms with Gasteiger partial charge in [0.05, 0.1) is 17.2 Å². The average molecular weight is 700 g/mol. The van der Waals surface area contributed by atoms with Crippen molar-refractivity contribution in [1.82, 2.24) is 30.3 Å². The highest BCUT2D eigenvalue weighted by Crippen LogP contribution is 2.70. The molecule has 4 fully saturated rings. The Hall–Kier alpha value is -4.65. The highest BCUT2D eigenvalue weighted by molar-refractivity contribution is 6.01. The highest BCUT2D eigenvalue weighted by Gasteiger charge is 2.78. The van der Waals surface area contributed by atoms with E-state index in [1.807, 2.05) is 12.1 Å². The van der Waals surface area contributed by atoms with Crippen molar-refractivity contribution in [1.29, 1.82) is 0 Å². The molecule has 3 N–H and O–H groups in total. The number of imide groups is 1. The minimum Gasteiger partial charge on any atom is -0.371 e. The summed E-state index contributed by atoms with van der Waals surface area (Å²) in [6.07, 6.45) is 2.45. The molecule has 0 radical (unpaired) electrons.